The van der Waals surface area contributed by atoms with Crippen molar-refractivity contribution in [3.8, 4) is 28.5 Å². The molecule has 0 bridgehead atoms. The molecule has 3 N–H and O–H groups in total. The van der Waals surface area contributed by atoms with E-state index in [9.17, 15) is 22.8 Å². The first kappa shape index (κ1) is 28.1. The van der Waals surface area contributed by atoms with Gasteiger partial charge in [-0.25, -0.2) is 22.8 Å². The Balaban J connectivity index is 1.34. The van der Waals surface area contributed by atoms with E-state index in [1.807, 2.05) is 0 Å². The summed E-state index contributed by atoms with van der Waals surface area (Å²) in [6, 6.07) is 14.4. The summed E-state index contributed by atoms with van der Waals surface area (Å²) in [5, 5.41) is 0. The van der Waals surface area contributed by atoms with Crippen LogP contribution >= 0.6 is 0 Å². The minimum atomic E-state index is -3.03. The number of alkyl halides is 2. The first-order valence-corrected chi connectivity index (χ1v) is 13.3. The normalized spacial score (nSPS) is 17.6. The highest BCUT2D eigenvalue weighted by molar-refractivity contribution is 5.97. The molecule has 1 saturated heterocycles. The lowest BCUT2D eigenvalue weighted by molar-refractivity contribution is -0.130. The van der Waals surface area contributed by atoms with E-state index >= 15 is 0 Å². The van der Waals surface area contributed by atoms with E-state index in [0.717, 1.165) is 12.2 Å². The molecule has 1 aromatic heterocycles. The fourth-order valence-electron chi connectivity index (χ4n) is 5.48. The van der Waals surface area contributed by atoms with Gasteiger partial charge in [0.15, 0.2) is 11.5 Å². The topological polar surface area (TPSA) is 112 Å². The molecule has 0 aliphatic carbocycles. The van der Waals surface area contributed by atoms with Gasteiger partial charge in [0.05, 0.1) is 7.11 Å². The number of hydrogen-bond acceptors (Lipinski definition) is 6. The summed E-state index contributed by atoms with van der Waals surface area (Å²) < 4.78 is 51.5. The van der Waals surface area contributed by atoms with Crippen molar-refractivity contribution in [1.29, 1.82) is 0 Å². The van der Waals surface area contributed by atoms with Crippen LogP contribution in [-0.2, 0) is 4.79 Å². The number of carbonyl (C=O) groups is 2. The number of likely N-dealkylation sites (tertiary alicyclic amines) is 1. The Bertz CT molecular complexity index is 1430. The van der Waals surface area contributed by atoms with Crippen LogP contribution in [0.4, 0.5) is 13.2 Å². The Morgan fingerprint density at radius 1 is 1.02 bits per heavy atom. The standard InChI is InChI=1S/C29H30F3N5O4/c1-40-19-6-8-21(9-7-19)41-20-4-2-18(3-5-20)25-26(27(33)38)37-28(35-25)22(10-13-34-37)17-11-14-36(15-12-17)29(39)23(30)16-24(31)32/h2-9,16-17,22,24,34H,10-15H2,1H3,(H2,33,38). The number of imidazole rings is 1. The fourth-order valence-corrected chi connectivity index (χ4v) is 5.48. The number of aromatic nitrogens is 2. The molecule has 2 amide bonds. The zero-order chi connectivity index (χ0) is 29.1. The third-order valence-corrected chi connectivity index (χ3v) is 7.49. The number of carbonyl (C=O) groups excluding carboxylic acids is 2. The molecule has 2 aromatic carbocycles. The van der Waals surface area contributed by atoms with Crippen LogP contribution in [0, 0.1) is 5.92 Å². The van der Waals surface area contributed by atoms with Crippen molar-refractivity contribution in [1.82, 2.24) is 14.6 Å². The maximum Gasteiger partial charge on any atom is 0.282 e. The van der Waals surface area contributed by atoms with Gasteiger partial charge >= 0.3 is 0 Å². The molecule has 0 radical (unpaired) electrons. The molecule has 2 aliphatic heterocycles. The average molecular weight is 570 g/mol. The molecule has 41 heavy (non-hydrogen) atoms. The molecular weight excluding hydrogens is 539 g/mol. The molecule has 9 nitrogen and oxygen atoms in total. The number of allylic oxidation sites excluding steroid dienone is 1. The molecule has 1 unspecified atom stereocenters. The second-order valence-electron chi connectivity index (χ2n) is 9.95. The molecular formula is C29H30F3N5O4. The summed E-state index contributed by atoms with van der Waals surface area (Å²) in [5.74, 6) is -0.420. The van der Waals surface area contributed by atoms with Crippen LogP contribution in [0.2, 0.25) is 0 Å². The predicted molar refractivity (Wildman–Crippen MR) is 145 cm³/mol. The van der Waals surface area contributed by atoms with Gasteiger partial charge in [-0.2, -0.15) is 0 Å². The number of nitrogens with two attached hydrogens (primary N) is 1. The average Bonchev–Trinajstić information content (AvgIpc) is 3.37. The minimum Gasteiger partial charge on any atom is -0.497 e. The van der Waals surface area contributed by atoms with E-state index in [0.29, 0.717) is 48.0 Å². The van der Waals surface area contributed by atoms with E-state index < -0.39 is 24.1 Å². The van der Waals surface area contributed by atoms with E-state index in [1.54, 1.807) is 60.3 Å². The van der Waals surface area contributed by atoms with E-state index in [-0.39, 0.29) is 36.7 Å². The van der Waals surface area contributed by atoms with Crippen LogP contribution in [0.5, 0.6) is 17.2 Å². The van der Waals surface area contributed by atoms with Gasteiger partial charge in [-0.3, -0.25) is 9.59 Å². The third-order valence-electron chi connectivity index (χ3n) is 7.49. The van der Waals surface area contributed by atoms with Gasteiger partial charge < -0.3 is 25.5 Å². The number of nitrogens with one attached hydrogen (secondary N) is 1. The Labute approximate surface area is 234 Å². The van der Waals surface area contributed by atoms with Crippen molar-refractivity contribution < 1.29 is 32.2 Å². The van der Waals surface area contributed by atoms with Crippen LogP contribution in [0.1, 0.15) is 41.5 Å². The van der Waals surface area contributed by atoms with E-state index in [1.165, 1.54) is 4.90 Å². The van der Waals surface area contributed by atoms with Gasteiger partial charge in [-0.15, -0.1) is 0 Å². The highest BCUT2D eigenvalue weighted by atomic mass is 19.3. The van der Waals surface area contributed by atoms with Crippen molar-refractivity contribution >= 4 is 11.8 Å². The van der Waals surface area contributed by atoms with E-state index in [2.05, 4.69) is 5.43 Å². The summed E-state index contributed by atoms with van der Waals surface area (Å²) >= 11 is 0. The van der Waals surface area contributed by atoms with Crippen LogP contribution < -0.4 is 20.6 Å². The summed E-state index contributed by atoms with van der Waals surface area (Å²) in [6.07, 6.45) is -1.17. The maximum atomic E-state index is 13.8. The molecule has 1 fully saturated rings. The zero-order valence-corrected chi connectivity index (χ0v) is 22.4. The summed E-state index contributed by atoms with van der Waals surface area (Å²) in [6.45, 7) is 1.06. The summed E-state index contributed by atoms with van der Waals surface area (Å²) in [7, 11) is 1.59. The second-order valence-corrected chi connectivity index (χ2v) is 9.95. The molecule has 3 heterocycles. The molecule has 0 saturated carbocycles. The number of amides is 2. The number of methoxy groups -OCH3 is 1. The molecule has 1 atom stereocenters. The lowest BCUT2D eigenvalue weighted by Crippen LogP contribution is -2.42. The number of fused-ring (bicyclic) bond motifs is 1. The number of nitrogens with zero attached hydrogens (tertiary/aromatic N) is 3. The minimum absolute atomic E-state index is 0.0304. The van der Waals surface area contributed by atoms with Crippen molar-refractivity contribution in [2.75, 3.05) is 32.2 Å². The van der Waals surface area contributed by atoms with Crippen molar-refractivity contribution in [3.63, 3.8) is 0 Å². The molecule has 12 heteroatoms. The smallest absolute Gasteiger partial charge is 0.282 e. The van der Waals surface area contributed by atoms with Gasteiger partial charge in [0.25, 0.3) is 18.2 Å². The van der Waals surface area contributed by atoms with Crippen molar-refractivity contribution in [3.05, 3.63) is 72.0 Å². The Morgan fingerprint density at radius 2 is 1.63 bits per heavy atom. The number of halogens is 3. The van der Waals surface area contributed by atoms with Crippen LogP contribution in [0.25, 0.3) is 11.3 Å². The Hall–Kier alpha value is -4.48. The molecule has 0 spiro atoms. The predicted octanol–water partition coefficient (Wildman–Crippen LogP) is 4.84. The number of hydrogen-bond donors (Lipinski definition) is 2. The van der Waals surface area contributed by atoms with Gasteiger partial charge in [-0.05, 0) is 73.7 Å². The van der Waals surface area contributed by atoms with Crippen LogP contribution in [0.3, 0.4) is 0 Å². The molecule has 3 aromatic rings. The van der Waals surface area contributed by atoms with Crippen molar-refractivity contribution in [2.24, 2.45) is 11.7 Å². The third kappa shape index (κ3) is 6.01. The van der Waals surface area contributed by atoms with Gasteiger partial charge in [-0.1, -0.05) is 0 Å². The number of benzene rings is 2. The van der Waals surface area contributed by atoms with Gasteiger partial charge in [0.2, 0.25) is 0 Å². The summed E-state index contributed by atoms with van der Waals surface area (Å²) in [5.41, 5.74) is 10.4. The molecule has 5 rings (SSSR count). The number of piperidine rings is 1. The first-order chi connectivity index (χ1) is 19.7. The van der Waals surface area contributed by atoms with Crippen molar-refractivity contribution in [2.45, 2.75) is 31.6 Å². The maximum absolute atomic E-state index is 13.8. The SMILES string of the molecule is COc1ccc(Oc2ccc(-c3nc4n(c3C(N)=O)NCCC4C3CCN(C(=O)C(F)=CC(F)F)CC3)cc2)cc1. The number of rotatable bonds is 8. The van der Waals surface area contributed by atoms with Crippen LogP contribution in [0.15, 0.2) is 60.4 Å². The number of primary amides is 1. The van der Waals surface area contributed by atoms with Crippen LogP contribution in [-0.4, -0.2) is 59.5 Å². The molecule has 2 aliphatic rings. The lowest BCUT2D eigenvalue weighted by Gasteiger charge is -2.37. The largest absolute Gasteiger partial charge is 0.497 e. The lowest BCUT2D eigenvalue weighted by atomic mass is 9.81. The zero-order valence-electron chi connectivity index (χ0n) is 22.4. The quantitative estimate of drug-likeness (QED) is 0.376. The Kier molecular flexibility index (Phi) is 8.18. The summed E-state index contributed by atoms with van der Waals surface area (Å²) in [4.78, 5) is 30.9. The highest BCUT2D eigenvalue weighted by Gasteiger charge is 2.37. The highest BCUT2D eigenvalue weighted by Crippen LogP contribution is 2.39. The van der Waals surface area contributed by atoms with Gasteiger partial charge in [0.1, 0.15) is 28.8 Å². The van der Waals surface area contributed by atoms with Gasteiger partial charge in [0, 0.05) is 37.2 Å². The van der Waals surface area contributed by atoms with E-state index in [4.69, 9.17) is 20.2 Å². The monoisotopic (exact) mass is 569 g/mol. The fraction of sp³-hybridized carbons (Fsp3) is 0.345. The molecule has 216 valence electrons. The Morgan fingerprint density at radius 3 is 2.22 bits per heavy atom. The first-order valence-electron chi connectivity index (χ1n) is 13.3. The second kappa shape index (κ2) is 11.9. The number of ether oxygens (including phenoxy) is 2.